The van der Waals surface area contributed by atoms with E-state index in [0.29, 0.717) is 27.9 Å². The van der Waals surface area contributed by atoms with Gasteiger partial charge < -0.3 is 9.47 Å². The molecule has 0 aliphatic rings. The van der Waals surface area contributed by atoms with Crippen molar-refractivity contribution in [1.82, 2.24) is 19.4 Å². The van der Waals surface area contributed by atoms with Gasteiger partial charge in [-0.1, -0.05) is 25.4 Å². The minimum atomic E-state index is -0.240. The SMILES string of the molecule is CCC(CC)Oc1ccc2nn(CC(=O)c3cc(Cl)cc(OC)c3)c(=N)n2n1. The van der Waals surface area contributed by atoms with Crippen LogP contribution in [0.25, 0.3) is 5.65 Å². The molecular formula is C19H22ClN5O3. The molecule has 1 N–H and O–H groups in total. The third kappa shape index (κ3) is 4.17. The van der Waals surface area contributed by atoms with Crippen molar-refractivity contribution in [2.75, 3.05) is 7.11 Å². The van der Waals surface area contributed by atoms with Gasteiger partial charge in [0, 0.05) is 16.7 Å². The summed E-state index contributed by atoms with van der Waals surface area (Å²) in [6.45, 7) is 3.98. The maximum absolute atomic E-state index is 12.6. The number of hydrogen-bond donors (Lipinski definition) is 1. The Labute approximate surface area is 167 Å². The molecule has 28 heavy (non-hydrogen) atoms. The monoisotopic (exact) mass is 403 g/mol. The maximum atomic E-state index is 12.6. The number of ether oxygens (including phenoxy) is 2. The van der Waals surface area contributed by atoms with Crippen LogP contribution in [0.2, 0.25) is 5.02 Å². The van der Waals surface area contributed by atoms with E-state index in [4.69, 9.17) is 26.5 Å². The van der Waals surface area contributed by atoms with Crippen LogP contribution in [0.15, 0.2) is 30.3 Å². The molecular weight excluding hydrogens is 382 g/mol. The van der Waals surface area contributed by atoms with Crippen LogP contribution < -0.4 is 15.1 Å². The minimum absolute atomic E-state index is 0.0210. The Balaban J connectivity index is 1.87. The summed E-state index contributed by atoms with van der Waals surface area (Å²) in [5.41, 5.74) is 0.824. The molecule has 2 heterocycles. The molecule has 0 aliphatic heterocycles. The second kappa shape index (κ2) is 8.43. The molecule has 0 aliphatic carbocycles. The Morgan fingerprint density at radius 3 is 2.64 bits per heavy atom. The number of rotatable bonds is 8. The molecule has 0 radical (unpaired) electrons. The molecule has 8 nitrogen and oxygen atoms in total. The number of nitrogens with zero attached hydrogens (tertiary/aromatic N) is 4. The highest BCUT2D eigenvalue weighted by atomic mass is 35.5. The highest BCUT2D eigenvalue weighted by Crippen LogP contribution is 2.21. The number of nitrogens with one attached hydrogen (secondary N) is 1. The molecule has 0 atom stereocenters. The first-order valence-corrected chi connectivity index (χ1v) is 9.38. The minimum Gasteiger partial charge on any atom is -0.497 e. The summed E-state index contributed by atoms with van der Waals surface area (Å²) >= 11 is 6.03. The summed E-state index contributed by atoms with van der Waals surface area (Å²) in [4.78, 5) is 12.6. The molecule has 0 saturated heterocycles. The lowest BCUT2D eigenvalue weighted by Gasteiger charge is -2.14. The van der Waals surface area contributed by atoms with Crippen molar-refractivity contribution in [2.45, 2.75) is 39.3 Å². The molecule has 0 fully saturated rings. The number of ketones is 1. The summed E-state index contributed by atoms with van der Waals surface area (Å²) in [5.74, 6) is 0.674. The van der Waals surface area contributed by atoms with E-state index in [-0.39, 0.29) is 24.1 Å². The zero-order valence-electron chi connectivity index (χ0n) is 16.0. The fourth-order valence-corrected chi connectivity index (χ4v) is 3.00. The summed E-state index contributed by atoms with van der Waals surface area (Å²) in [6, 6.07) is 8.22. The summed E-state index contributed by atoms with van der Waals surface area (Å²) in [7, 11) is 1.51. The zero-order chi connectivity index (χ0) is 20.3. The van der Waals surface area contributed by atoms with Crippen LogP contribution in [0, 0.1) is 5.41 Å². The van der Waals surface area contributed by atoms with Crippen molar-refractivity contribution in [3.8, 4) is 11.6 Å². The van der Waals surface area contributed by atoms with E-state index in [1.54, 1.807) is 30.3 Å². The zero-order valence-corrected chi connectivity index (χ0v) is 16.7. The molecule has 0 spiro atoms. The van der Waals surface area contributed by atoms with Gasteiger partial charge in [-0.05, 0) is 37.1 Å². The smallest absolute Gasteiger partial charge is 0.242 e. The Morgan fingerprint density at radius 1 is 1.21 bits per heavy atom. The number of Topliss-reactive ketones (excluding diaryl/α,β-unsaturated/α-hetero) is 1. The van der Waals surface area contributed by atoms with E-state index >= 15 is 0 Å². The first-order chi connectivity index (χ1) is 13.4. The van der Waals surface area contributed by atoms with Gasteiger partial charge in [0.15, 0.2) is 11.4 Å². The van der Waals surface area contributed by atoms with Gasteiger partial charge in [-0.2, -0.15) is 4.52 Å². The van der Waals surface area contributed by atoms with Gasteiger partial charge in [0.05, 0.1) is 13.2 Å². The average Bonchev–Trinajstić information content (AvgIpc) is 3.00. The van der Waals surface area contributed by atoms with Gasteiger partial charge in [0.1, 0.15) is 12.3 Å². The summed E-state index contributed by atoms with van der Waals surface area (Å²) in [6.07, 6.45) is 1.80. The van der Waals surface area contributed by atoms with Crippen molar-refractivity contribution in [3.63, 3.8) is 0 Å². The number of carbonyl (C=O) groups excluding carboxylic acids is 1. The third-order valence-corrected chi connectivity index (χ3v) is 4.60. The lowest BCUT2D eigenvalue weighted by molar-refractivity contribution is 0.0965. The number of halogens is 1. The molecule has 0 bridgehead atoms. The van der Waals surface area contributed by atoms with Gasteiger partial charge in [0.25, 0.3) is 0 Å². The number of benzene rings is 1. The van der Waals surface area contributed by atoms with E-state index in [1.807, 2.05) is 13.8 Å². The second-order valence-electron chi connectivity index (χ2n) is 6.28. The summed E-state index contributed by atoms with van der Waals surface area (Å²) < 4.78 is 13.6. The second-order valence-corrected chi connectivity index (χ2v) is 6.72. The molecule has 0 unspecified atom stereocenters. The van der Waals surface area contributed by atoms with Crippen molar-refractivity contribution >= 4 is 23.0 Å². The topological polar surface area (TPSA) is 94.5 Å². The predicted octanol–water partition coefficient (Wildman–Crippen LogP) is 3.12. The first-order valence-electron chi connectivity index (χ1n) is 9.01. The Bertz CT molecular complexity index is 1060. The van der Waals surface area contributed by atoms with Gasteiger partial charge in [-0.15, -0.1) is 10.2 Å². The first kappa shape index (κ1) is 19.9. The number of methoxy groups -OCH3 is 1. The lowest BCUT2D eigenvalue weighted by atomic mass is 10.1. The van der Waals surface area contributed by atoms with E-state index in [0.717, 1.165) is 12.8 Å². The van der Waals surface area contributed by atoms with E-state index < -0.39 is 0 Å². The van der Waals surface area contributed by atoms with Crippen LogP contribution in [0.4, 0.5) is 0 Å². The van der Waals surface area contributed by atoms with Crippen LogP contribution in [-0.4, -0.2) is 38.4 Å². The van der Waals surface area contributed by atoms with Crippen molar-refractivity contribution in [2.24, 2.45) is 0 Å². The molecule has 0 amide bonds. The number of aromatic nitrogens is 4. The quantitative estimate of drug-likeness (QED) is 0.583. The maximum Gasteiger partial charge on any atom is 0.242 e. The standard InChI is InChI=1S/C19H22ClN5O3/c1-4-14(5-2)28-18-7-6-17-22-24(19(21)25(17)23-18)11-16(26)12-8-13(20)10-15(9-12)27-3/h6-10,14,21H,4-5,11H2,1-3H3. The summed E-state index contributed by atoms with van der Waals surface area (Å²) in [5, 5.41) is 17.3. The normalized spacial score (nSPS) is 11.2. The van der Waals surface area contributed by atoms with E-state index in [9.17, 15) is 4.79 Å². The Kier molecular flexibility index (Phi) is 5.99. The Morgan fingerprint density at radius 2 is 1.96 bits per heavy atom. The van der Waals surface area contributed by atoms with E-state index in [1.165, 1.54) is 16.3 Å². The third-order valence-electron chi connectivity index (χ3n) is 4.38. The Hall–Kier alpha value is -2.87. The largest absolute Gasteiger partial charge is 0.497 e. The van der Waals surface area contributed by atoms with Crippen LogP contribution in [0.5, 0.6) is 11.6 Å². The van der Waals surface area contributed by atoms with Crippen molar-refractivity contribution in [3.05, 3.63) is 46.5 Å². The van der Waals surface area contributed by atoms with Crippen LogP contribution in [0.1, 0.15) is 37.0 Å². The van der Waals surface area contributed by atoms with E-state index in [2.05, 4.69) is 10.2 Å². The van der Waals surface area contributed by atoms with Gasteiger partial charge in [0.2, 0.25) is 11.5 Å². The molecule has 148 valence electrons. The van der Waals surface area contributed by atoms with Crippen LogP contribution in [0.3, 0.4) is 0 Å². The number of hydrogen-bond acceptors (Lipinski definition) is 6. The molecule has 2 aromatic heterocycles. The predicted molar refractivity (Wildman–Crippen MR) is 104 cm³/mol. The average molecular weight is 404 g/mol. The number of fused-ring (bicyclic) bond motifs is 1. The molecule has 3 rings (SSSR count). The van der Waals surface area contributed by atoms with Crippen molar-refractivity contribution in [1.29, 1.82) is 5.41 Å². The molecule has 9 heteroatoms. The fourth-order valence-electron chi connectivity index (χ4n) is 2.78. The highest BCUT2D eigenvalue weighted by Gasteiger charge is 2.14. The van der Waals surface area contributed by atoms with Gasteiger partial charge in [-0.3, -0.25) is 10.2 Å². The molecule has 0 saturated carbocycles. The lowest BCUT2D eigenvalue weighted by Crippen LogP contribution is -2.26. The van der Waals surface area contributed by atoms with Gasteiger partial charge >= 0.3 is 0 Å². The number of carbonyl (C=O) groups is 1. The highest BCUT2D eigenvalue weighted by molar-refractivity contribution is 6.31. The van der Waals surface area contributed by atoms with Gasteiger partial charge in [-0.25, -0.2) is 4.68 Å². The van der Waals surface area contributed by atoms with Crippen LogP contribution in [-0.2, 0) is 6.54 Å². The molecule has 3 aromatic rings. The molecule has 1 aromatic carbocycles. The van der Waals surface area contributed by atoms with Crippen LogP contribution >= 0.6 is 11.6 Å². The fraction of sp³-hybridized carbons (Fsp3) is 0.368. The van der Waals surface area contributed by atoms with Crippen molar-refractivity contribution < 1.29 is 14.3 Å².